The summed E-state index contributed by atoms with van der Waals surface area (Å²) in [5.74, 6) is 0.548. The van der Waals surface area contributed by atoms with Crippen molar-refractivity contribution in [1.82, 2.24) is 4.98 Å². The molecule has 0 bridgehead atoms. The number of aliphatic hydroxyl groups excluding tert-OH is 1. The minimum atomic E-state index is -0.373. The van der Waals surface area contributed by atoms with Crippen molar-refractivity contribution in [1.29, 1.82) is 5.26 Å². The molecule has 0 amide bonds. The van der Waals surface area contributed by atoms with Crippen LogP contribution >= 0.6 is 0 Å². The first-order valence-electron chi connectivity index (χ1n) is 5.13. The lowest BCUT2D eigenvalue weighted by atomic mass is 10.1. The van der Waals surface area contributed by atoms with Crippen LogP contribution in [0.4, 0.5) is 11.5 Å². The maximum absolute atomic E-state index is 9.22. The lowest BCUT2D eigenvalue weighted by molar-refractivity contribution is 0.179. The number of anilines is 2. The number of rotatable bonds is 4. The van der Waals surface area contributed by atoms with Crippen molar-refractivity contribution in [3.63, 3.8) is 0 Å². The first-order chi connectivity index (χ1) is 7.52. The molecule has 0 radical (unpaired) electrons. The summed E-state index contributed by atoms with van der Waals surface area (Å²) in [6.07, 6.45) is 1.71. The fourth-order valence-corrected chi connectivity index (χ4v) is 1.47. The number of aliphatic hydroxyl groups is 1. The van der Waals surface area contributed by atoms with E-state index in [0.29, 0.717) is 23.5 Å². The molecule has 0 aromatic carbocycles. The Morgan fingerprint density at radius 2 is 2.31 bits per heavy atom. The van der Waals surface area contributed by atoms with Gasteiger partial charge in [-0.2, -0.15) is 5.26 Å². The van der Waals surface area contributed by atoms with E-state index < -0.39 is 0 Å². The van der Waals surface area contributed by atoms with E-state index in [1.807, 2.05) is 13.0 Å². The number of pyridine rings is 1. The van der Waals surface area contributed by atoms with E-state index in [2.05, 4.69) is 10.3 Å². The Hall–Kier alpha value is -1.80. The number of hydrogen-bond acceptors (Lipinski definition) is 5. The van der Waals surface area contributed by atoms with Crippen LogP contribution in [0.1, 0.15) is 25.8 Å². The van der Waals surface area contributed by atoms with Crippen molar-refractivity contribution in [2.45, 2.75) is 32.4 Å². The molecule has 1 rings (SSSR count). The summed E-state index contributed by atoms with van der Waals surface area (Å²) in [6, 6.07) is 3.62. The molecular formula is C11H16N4O. The van der Waals surface area contributed by atoms with Crippen molar-refractivity contribution >= 4 is 11.5 Å². The summed E-state index contributed by atoms with van der Waals surface area (Å²) in [6.45, 7) is 3.67. The number of aromatic nitrogens is 1. The standard InChI is InChI=1S/C11H16N4O/c1-7(3-8(2)16)15-11-10(13)4-9(5-12)6-14-11/h4,6-8,16H,3,13H2,1-2H3,(H,14,15). The fraction of sp³-hybridized carbons (Fsp3) is 0.455. The topological polar surface area (TPSA) is 95.0 Å². The average molecular weight is 220 g/mol. The molecule has 2 unspecified atom stereocenters. The van der Waals surface area contributed by atoms with E-state index >= 15 is 0 Å². The van der Waals surface area contributed by atoms with Crippen LogP contribution in [0.15, 0.2) is 12.3 Å². The highest BCUT2D eigenvalue weighted by Gasteiger charge is 2.09. The minimum absolute atomic E-state index is 0.0720. The zero-order valence-electron chi connectivity index (χ0n) is 9.44. The van der Waals surface area contributed by atoms with Crippen LogP contribution in [0.3, 0.4) is 0 Å². The predicted molar refractivity (Wildman–Crippen MR) is 62.7 cm³/mol. The Balaban J connectivity index is 2.71. The Morgan fingerprint density at radius 3 is 2.81 bits per heavy atom. The molecule has 2 atom stereocenters. The van der Waals surface area contributed by atoms with Crippen LogP contribution in [0, 0.1) is 11.3 Å². The second-order valence-electron chi connectivity index (χ2n) is 3.90. The molecule has 0 fully saturated rings. The largest absolute Gasteiger partial charge is 0.396 e. The molecule has 0 aliphatic heterocycles. The molecule has 0 aliphatic carbocycles. The summed E-state index contributed by atoms with van der Waals surface area (Å²) in [7, 11) is 0. The van der Waals surface area contributed by atoms with E-state index in [1.54, 1.807) is 13.0 Å². The maximum atomic E-state index is 9.22. The molecule has 4 N–H and O–H groups in total. The van der Waals surface area contributed by atoms with E-state index in [-0.39, 0.29) is 12.1 Å². The van der Waals surface area contributed by atoms with Crippen LogP contribution in [0.25, 0.3) is 0 Å². The molecule has 0 spiro atoms. The first-order valence-corrected chi connectivity index (χ1v) is 5.13. The molecule has 5 heteroatoms. The monoisotopic (exact) mass is 220 g/mol. The van der Waals surface area contributed by atoms with E-state index in [4.69, 9.17) is 11.0 Å². The number of hydrogen-bond donors (Lipinski definition) is 3. The minimum Gasteiger partial charge on any atom is -0.396 e. The van der Waals surface area contributed by atoms with Gasteiger partial charge in [0.2, 0.25) is 0 Å². The summed E-state index contributed by atoms with van der Waals surface area (Å²) >= 11 is 0. The van der Waals surface area contributed by atoms with Gasteiger partial charge in [-0.15, -0.1) is 0 Å². The Labute approximate surface area is 94.9 Å². The van der Waals surface area contributed by atoms with Gasteiger partial charge in [0.25, 0.3) is 0 Å². The predicted octanol–water partition coefficient (Wildman–Crippen LogP) is 1.11. The van der Waals surface area contributed by atoms with Crippen LogP contribution in [-0.4, -0.2) is 22.2 Å². The molecular weight excluding hydrogens is 204 g/mol. The van der Waals surface area contributed by atoms with Gasteiger partial charge < -0.3 is 16.2 Å². The summed E-state index contributed by atoms with van der Waals surface area (Å²) in [4.78, 5) is 4.06. The molecule has 0 aliphatic rings. The van der Waals surface area contributed by atoms with Crippen molar-refractivity contribution in [3.8, 4) is 6.07 Å². The Kier molecular flexibility index (Phi) is 4.09. The highest BCUT2D eigenvalue weighted by Crippen LogP contribution is 2.17. The number of nitrogens with two attached hydrogens (primary N) is 1. The number of nitrogen functional groups attached to an aromatic ring is 1. The molecule has 1 heterocycles. The highest BCUT2D eigenvalue weighted by molar-refractivity contribution is 5.63. The normalized spacial score (nSPS) is 13.9. The van der Waals surface area contributed by atoms with Gasteiger partial charge in [0.1, 0.15) is 11.9 Å². The molecule has 1 aromatic rings. The SMILES string of the molecule is CC(O)CC(C)Nc1ncc(C#N)cc1N. The van der Waals surface area contributed by atoms with Crippen LogP contribution in [-0.2, 0) is 0 Å². The lowest BCUT2D eigenvalue weighted by Crippen LogP contribution is -2.21. The van der Waals surface area contributed by atoms with E-state index in [1.165, 1.54) is 6.20 Å². The third-order valence-corrected chi connectivity index (χ3v) is 2.12. The lowest BCUT2D eigenvalue weighted by Gasteiger charge is -2.17. The van der Waals surface area contributed by atoms with Crippen molar-refractivity contribution < 1.29 is 5.11 Å². The quantitative estimate of drug-likeness (QED) is 0.706. The van der Waals surface area contributed by atoms with Gasteiger partial charge in [0, 0.05) is 12.2 Å². The second kappa shape index (κ2) is 5.33. The molecule has 1 aromatic heterocycles. The molecule has 16 heavy (non-hydrogen) atoms. The molecule has 0 saturated heterocycles. The maximum Gasteiger partial charge on any atom is 0.149 e. The van der Waals surface area contributed by atoms with Gasteiger partial charge in [-0.3, -0.25) is 0 Å². The Bertz CT molecular complexity index is 397. The average Bonchev–Trinajstić information content (AvgIpc) is 2.19. The molecule has 5 nitrogen and oxygen atoms in total. The van der Waals surface area contributed by atoms with Gasteiger partial charge in [-0.25, -0.2) is 4.98 Å². The van der Waals surface area contributed by atoms with Gasteiger partial charge in [-0.05, 0) is 26.3 Å². The third kappa shape index (κ3) is 3.41. The van der Waals surface area contributed by atoms with E-state index in [0.717, 1.165) is 0 Å². The summed E-state index contributed by atoms with van der Waals surface area (Å²) in [5.41, 5.74) is 6.61. The second-order valence-corrected chi connectivity index (χ2v) is 3.90. The zero-order chi connectivity index (χ0) is 12.1. The van der Waals surface area contributed by atoms with Crippen molar-refractivity contribution in [2.75, 3.05) is 11.1 Å². The Morgan fingerprint density at radius 1 is 1.62 bits per heavy atom. The zero-order valence-corrected chi connectivity index (χ0v) is 9.44. The van der Waals surface area contributed by atoms with Crippen molar-refractivity contribution in [2.24, 2.45) is 0 Å². The molecule has 0 saturated carbocycles. The first kappa shape index (κ1) is 12.3. The molecule has 86 valence electrons. The van der Waals surface area contributed by atoms with Gasteiger partial charge in [0.05, 0.1) is 17.4 Å². The highest BCUT2D eigenvalue weighted by atomic mass is 16.3. The smallest absolute Gasteiger partial charge is 0.149 e. The van der Waals surface area contributed by atoms with Crippen LogP contribution < -0.4 is 11.1 Å². The van der Waals surface area contributed by atoms with E-state index in [9.17, 15) is 5.11 Å². The summed E-state index contributed by atoms with van der Waals surface area (Å²) in [5, 5.41) is 21.0. The van der Waals surface area contributed by atoms with Crippen molar-refractivity contribution in [3.05, 3.63) is 17.8 Å². The number of nitrogens with one attached hydrogen (secondary N) is 1. The third-order valence-electron chi connectivity index (χ3n) is 2.12. The fourth-order valence-electron chi connectivity index (χ4n) is 1.47. The number of nitrogens with zero attached hydrogens (tertiary/aromatic N) is 2. The van der Waals surface area contributed by atoms with Gasteiger partial charge in [0.15, 0.2) is 0 Å². The number of nitriles is 1. The summed E-state index contributed by atoms with van der Waals surface area (Å²) < 4.78 is 0. The van der Waals surface area contributed by atoms with Gasteiger partial charge in [-0.1, -0.05) is 0 Å². The van der Waals surface area contributed by atoms with Crippen LogP contribution in [0.5, 0.6) is 0 Å². The van der Waals surface area contributed by atoms with Gasteiger partial charge >= 0.3 is 0 Å². The van der Waals surface area contributed by atoms with Crippen LogP contribution in [0.2, 0.25) is 0 Å².